The molecule has 0 saturated carbocycles. The summed E-state index contributed by atoms with van der Waals surface area (Å²) in [7, 11) is 0. The Bertz CT molecular complexity index is 1810. The van der Waals surface area contributed by atoms with Crippen molar-refractivity contribution in [2.24, 2.45) is 0 Å². The van der Waals surface area contributed by atoms with Crippen LogP contribution >= 0.6 is 11.8 Å². The number of carbonyl (C=O) groups excluding carboxylic acids is 1. The van der Waals surface area contributed by atoms with E-state index >= 15 is 4.39 Å². The molecule has 0 spiro atoms. The smallest absolute Gasteiger partial charge is 0.335 e. The van der Waals surface area contributed by atoms with E-state index in [2.05, 4.69) is 9.97 Å². The van der Waals surface area contributed by atoms with Crippen molar-refractivity contribution < 1.29 is 33.7 Å². The number of halogens is 1. The number of carboxylic acids is 2. The van der Waals surface area contributed by atoms with Crippen LogP contribution in [0.15, 0.2) is 58.6 Å². The summed E-state index contributed by atoms with van der Waals surface area (Å²) >= 11 is 0.665. The van der Waals surface area contributed by atoms with Crippen LogP contribution in [0.4, 0.5) is 10.3 Å². The van der Waals surface area contributed by atoms with Gasteiger partial charge in [0.2, 0.25) is 11.4 Å². The molecule has 1 fully saturated rings. The number of hydrogen-bond acceptors (Lipinski definition) is 9. The fourth-order valence-electron chi connectivity index (χ4n) is 4.89. The first-order valence-corrected chi connectivity index (χ1v) is 13.3. The lowest BCUT2D eigenvalue weighted by Crippen LogP contribution is -2.50. The minimum atomic E-state index is -1.22. The van der Waals surface area contributed by atoms with E-state index in [4.69, 9.17) is 9.84 Å². The number of amides is 1. The average molecular weight is 578 g/mol. The lowest BCUT2D eigenvalue weighted by molar-refractivity contribution is -0.133. The van der Waals surface area contributed by atoms with Gasteiger partial charge in [-0.25, -0.2) is 19.2 Å². The molecular weight excluding hydrogens is 557 g/mol. The zero-order valence-corrected chi connectivity index (χ0v) is 21.9. The molecule has 4 heterocycles. The number of aromatic carboxylic acids is 1. The van der Waals surface area contributed by atoms with Gasteiger partial charge in [-0.2, -0.15) is 0 Å². The summed E-state index contributed by atoms with van der Waals surface area (Å²) < 4.78 is 22.8. The Morgan fingerprint density at radius 1 is 1.05 bits per heavy atom. The third kappa shape index (κ3) is 4.61. The maximum absolute atomic E-state index is 15.4. The average Bonchev–Trinajstić information content (AvgIpc) is 2.97. The highest BCUT2D eigenvalue weighted by atomic mass is 32.2. The molecular formula is C27H20FN5O7S. The van der Waals surface area contributed by atoms with Crippen molar-refractivity contribution in [1.29, 1.82) is 0 Å². The van der Waals surface area contributed by atoms with Crippen LogP contribution in [0.3, 0.4) is 0 Å². The van der Waals surface area contributed by atoms with Crippen LogP contribution < -0.4 is 15.1 Å². The Balaban J connectivity index is 1.45. The summed E-state index contributed by atoms with van der Waals surface area (Å²) in [5.74, 6) is -3.90. The molecule has 2 aromatic carbocycles. The van der Waals surface area contributed by atoms with E-state index in [1.54, 1.807) is 18.5 Å². The number of anilines is 1. The first kappa shape index (κ1) is 26.3. The largest absolute Gasteiger partial charge is 0.481 e. The number of ether oxygens (including phenoxy) is 1. The molecule has 6 rings (SSSR count). The molecule has 0 aliphatic carbocycles. The van der Waals surface area contributed by atoms with Gasteiger partial charge in [-0.05, 0) is 30.3 Å². The zero-order chi connectivity index (χ0) is 28.8. The highest BCUT2D eigenvalue weighted by Crippen LogP contribution is 2.46. The van der Waals surface area contributed by atoms with E-state index < -0.39 is 34.8 Å². The molecule has 4 aromatic rings. The predicted octanol–water partition coefficient (Wildman–Crippen LogP) is 2.86. The second-order valence-electron chi connectivity index (χ2n) is 9.25. The Labute approximate surface area is 234 Å². The number of pyridine rings is 1. The van der Waals surface area contributed by atoms with E-state index in [1.807, 2.05) is 4.90 Å². The molecule has 2 N–H and O–H groups in total. The Hall–Kier alpha value is -4.98. The summed E-state index contributed by atoms with van der Waals surface area (Å²) in [6.45, 7) is 1.46. The van der Waals surface area contributed by atoms with E-state index in [9.17, 15) is 24.3 Å². The number of carboxylic acid groups (broad SMARTS) is 2. The van der Waals surface area contributed by atoms with E-state index in [-0.39, 0.29) is 38.4 Å². The lowest BCUT2D eigenvalue weighted by atomic mass is 10.1. The van der Waals surface area contributed by atoms with Gasteiger partial charge >= 0.3 is 11.9 Å². The van der Waals surface area contributed by atoms with Gasteiger partial charge in [0, 0.05) is 44.8 Å². The van der Waals surface area contributed by atoms with Gasteiger partial charge in [0.15, 0.2) is 11.5 Å². The summed E-state index contributed by atoms with van der Waals surface area (Å²) in [4.78, 5) is 61.9. The predicted molar refractivity (Wildman–Crippen MR) is 145 cm³/mol. The van der Waals surface area contributed by atoms with E-state index in [0.29, 0.717) is 49.6 Å². The molecule has 14 heteroatoms. The van der Waals surface area contributed by atoms with Crippen LogP contribution in [0, 0.1) is 5.82 Å². The number of piperazine rings is 1. The molecule has 1 saturated heterocycles. The molecule has 2 aliphatic rings. The topological polar surface area (TPSA) is 155 Å². The quantitative estimate of drug-likeness (QED) is 0.286. The minimum Gasteiger partial charge on any atom is -0.481 e. The van der Waals surface area contributed by atoms with E-state index in [1.165, 1.54) is 33.9 Å². The number of benzene rings is 2. The molecule has 12 nitrogen and oxygen atoms in total. The molecule has 0 bridgehead atoms. The van der Waals surface area contributed by atoms with Crippen molar-refractivity contribution in [3.8, 4) is 17.2 Å². The fourth-order valence-corrected chi connectivity index (χ4v) is 5.62. The number of aromatic nitrogens is 3. The first-order chi connectivity index (χ1) is 19.7. The van der Waals surface area contributed by atoms with Crippen LogP contribution in [-0.4, -0.2) is 79.4 Å². The Morgan fingerprint density at radius 3 is 2.46 bits per heavy atom. The van der Waals surface area contributed by atoms with Crippen molar-refractivity contribution >= 4 is 46.5 Å². The maximum Gasteiger partial charge on any atom is 0.335 e. The molecule has 41 heavy (non-hydrogen) atoms. The molecule has 0 atom stereocenters. The standard InChI is InChI=1S/C27H20FN5O7S/c28-17-11-15-21-23(24(17)41-13-20(34)35)40-19-10-14(26(38)39)2-3-18(19)33(21)12-16(22(15)36)25(37)31-6-8-32(9-7-31)27-29-4-1-5-30-27/h1-5,10-12H,6-9,13H2,(H,34,35)(H,38,39). The number of hydrogen-bond donors (Lipinski definition) is 2. The van der Waals surface area contributed by atoms with Gasteiger partial charge in [0.1, 0.15) is 16.9 Å². The number of rotatable bonds is 6. The zero-order valence-electron chi connectivity index (χ0n) is 21.1. The van der Waals surface area contributed by atoms with E-state index in [0.717, 1.165) is 6.07 Å². The highest BCUT2D eigenvalue weighted by molar-refractivity contribution is 8.00. The number of thioether (sulfide) groups is 1. The minimum absolute atomic E-state index is 0.0417. The number of fused-ring (bicyclic) bond motifs is 2. The van der Waals surface area contributed by atoms with Gasteiger partial charge in [-0.1, -0.05) is 0 Å². The van der Waals surface area contributed by atoms with Gasteiger partial charge in [0.05, 0.1) is 27.3 Å². The van der Waals surface area contributed by atoms with Gasteiger partial charge in [0.25, 0.3) is 5.91 Å². The normalized spacial score (nSPS) is 14.0. The van der Waals surface area contributed by atoms with Crippen molar-refractivity contribution in [2.75, 3.05) is 36.8 Å². The van der Waals surface area contributed by atoms with Gasteiger partial charge < -0.3 is 29.3 Å². The summed E-state index contributed by atoms with van der Waals surface area (Å²) in [6, 6.07) is 6.73. The Morgan fingerprint density at radius 2 is 1.78 bits per heavy atom. The lowest BCUT2D eigenvalue weighted by Gasteiger charge is -2.34. The molecule has 2 aliphatic heterocycles. The third-order valence-corrected chi connectivity index (χ3v) is 7.86. The molecule has 2 aromatic heterocycles. The van der Waals surface area contributed by atoms with Crippen LogP contribution in [0.25, 0.3) is 16.6 Å². The number of carbonyl (C=O) groups is 3. The third-order valence-electron chi connectivity index (χ3n) is 6.80. The summed E-state index contributed by atoms with van der Waals surface area (Å²) in [5, 5.41) is 18.5. The Kier molecular flexibility index (Phi) is 6.53. The molecule has 208 valence electrons. The van der Waals surface area contributed by atoms with Crippen LogP contribution in [0.2, 0.25) is 0 Å². The highest BCUT2D eigenvalue weighted by Gasteiger charge is 2.31. The maximum atomic E-state index is 15.4. The summed E-state index contributed by atoms with van der Waals surface area (Å²) in [5.41, 5.74) is -0.541. The second kappa shape index (κ2) is 10.2. The second-order valence-corrected chi connectivity index (χ2v) is 10.2. The first-order valence-electron chi connectivity index (χ1n) is 12.4. The molecule has 0 unspecified atom stereocenters. The number of nitrogens with zero attached hydrogens (tertiary/aromatic N) is 5. The van der Waals surface area contributed by atoms with Gasteiger partial charge in [-0.3, -0.25) is 14.4 Å². The SMILES string of the molecule is O=C(O)CSc1c(F)cc2c(=O)c(C(=O)N3CCN(c4ncccn4)CC3)cn3c2c1Oc1cc(C(=O)O)ccc1-3. The van der Waals surface area contributed by atoms with Gasteiger partial charge in [-0.15, -0.1) is 11.8 Å². The van der Waals surface area contributed by atoms with Crippen molar-refractivity contribution in [2.45, 2.75) is 4.90 Å². The van der Waals surface area contributed by atoms with Crippen LogP contribution in [0.1, 0.15) is 20.7 Å². The summed E-state index contributed by atoms with van der Waals surface area (Å²) in [6.07, 6.45) is 4.59. The molecule has 0 radical (unpaired) electrons. The van der Waals surface area contributed by atoms with Crippen LogP contribution in [0.5, 0.6) is 11.5 Å². The fraction of sp³-hybridized carbons (Fsp3) is 0.185. The van der Waals surface area contributed by atoms with Crippen molar-refractivity contribution in [3.05, 3.63) is 76.1 Å². The molecule has 1 amide bonds. The van der Waals surface area contributed by atoms with Crippen molar-refractivity contribution in [1.82, 2.24) is 19.4 Å². The number of aliphatic carboxylic acids is 1. The van der Waals surface area contributed by atoms with Crippen molar-refractivity contribution in [3.63, 3.8) is 0 Å². The monoisotopic (exact) mass is 577 g/mol. The van der Waals surface area contributed by atoms with Crippen LogP contribution in [-0.2, 0) is 4.79 Å².